The number of hydrogen-bond donors (Lipinski definition) is 2. The highest BCUT2D eigenvalue weighted by Crippen LogP contribution is 2.34. The summed E-state index contributed by atoms with van der Waals surface area (Å²) in [5.41, 5.74) is 0.956. The summed E-state index contributed by atoms with van der Waals surface area (Å²) in [6, 6.07) is 5.74. The number of piperidine rings is 1. The fourth-order valence-corrected chi connectivity index (χ4v) is 2.88. The van der Waals surface area contributed by atoms with E-state index in [0.29, 0.717) is 5.92 Å². The number of rotatable bonds is 3. The van der Waals surface area contributed by atoms with Gasteiger partial charge in [0.25, 0.3) is 0 Å². The number of methoxy groups -OCH3 is 1. The Hall–Kier alpha value is -0.580. The van der Waals surface area contributed by atoms with Gasteiger partial charge >= 0.3 is 0 Å². The molecule has 0 amide bonds. The van der Waals surface area contributed by atoms with Crippen molar-refractivity contribution in [3.8, 4) is 5.75 Å². The average molecular weight is 300 g/mol. The molecule has 1 aromatic carbocycles. The van der Waals surface area contributed by atoms with E-state index in [9.17, 15) is 5.11 Å². The lowest BCUT2D eigenvalue weighted by molar-refractivity contribution is 0.0883. The molecule has 0 saturated carbocycles. The molecule has 94 valence electrons. The Balaban J connectivity index is 2.15. The Morgan fingerprint density at radius 3 is 2.71 bits per heavy atom. The van der Waals surface area contributed by atoms with Crippen molar-refractivity contribution in [3.05, 3.63) is 28.2 Å². The summed E-state index contributed by atoms with van der Waals surface area (Å²) in [5, 5.41) is 13.7. The van der Waals surface area contributed by atoms with E-state index in [0.717, 1.165) is 41.7 Å². The molecular formula is C13H18BrNO2. The van der Waals surface area contributed by atoms with E-state index in [2.05, 4.69) is 21.2 Å². The van der Waals surface area contributed by atoms with Crippen LogP contribution in [0.4, 0.5) is 0 Å². The average Bonchev–Trinajstić information content (AvgIpc) is 2.39. The monoisotopic (exact) mass is 299 g/mol. The maximum absolute atomic E-state index is 10.4. The first-order valence-corrected chi connectivity index (χ1v) is 6.74. The highest BCUT2D eigenvalue weighted by atomic mass is 79.9. The highest BCUT2D eigenvalue weighted by molar-refractivity contribution is 9.10. The van der Waals surface area contributed by atoms with Crippen molar-refractivity contribution in [1.29, 1.82) is 0 Å². The summed E-state index contributed by atoms with van der Waals surface area (Å²) >= 11 is 3.50. The highest BCUT2D eigenvalue weighted by Gasteiger charge is 2.24. The second kappa shape index (κ2) is 5.85. The number of halogens is 1. The Bertz CT molecular complexity index is 378. The minimum absolute atomic E-state index is 0.348. The zero-order valence-corrected chi connectivity index (χ0v) is 11.5. The van der Waals surface area contributed by atoms with E-state index in [-0.39, 0.29) is 0 Å². The van der Waals surface area contributed by atoms with Crippen molar-refractivity contribution < 1.29 is 9.84 Å². The van der Waals surface area contributed by atoms with Gasteiger partial charge in [-0.05, 0) is 49.5 Å². The molecule has 1 aromatic rings. The van der Waals surface area contributed by atoms with Gasteiger partial charge in [-0.1, -0.05) is 22.0 Å². The van der Waals surface area contributed by atoms with Crippen LogP contribution in [0.2, 0.25) is 0 Å². The van der Waals surface area contributed by atoms with E-state index in [1.54, 1.807) is 7.11 Å². The molecule has 1 saturated heterocycles. The van der Waals surface area contributed by atoms with E-state index in [1.165, 1.54) is 0 Å². The van der Waals surface area contributed by atoms with E-state index < -0.39 is 6.10 Å². The quantitative estimate of drug-likeness (QED) is 0.901. The van der Waals surface area contributed by atoms with Gasteiger partial charge < -0.3 is 15.2 Å². The van der Waals surface area contributed by atoms with Crippen LogP contribution in [0.5, 0.6) is 5.75 Å². The summed E-state index contributed by atoms with van der Waals surface area (Å²) in [4.78, 5) is 0. The molecule has 1 heterocycles. The molecule has 0 spiro atoms. The Morgan fingerprint density at radius 1 is 1.41 bits per heavy atom. The zero-order valence-electron chi connectivity index (χ0n) is 9.95. The van der Waals surface area contributed by atoms with Gasteiger partial charge in [0, 0.05) is 4.47 Å². The van der Waals surface area contributed by atoms with Crippen LogP contribution in [0.15, 0.2) is 22.7 Å². The maximum Gasteiger partial charge on any atom is 0.120 e. The largest absolute Gasteiger partial charge is 0.497 e. The number of aliphatic hydroxyl groups excluding tert-OH is 1. The van der Waals surface area contributed by atoms with Crippen molar-refractivity contribution in [2.24, 2.45) is 5.92 Å². The van der Waals surface area contributed by atoms with Gasteiger partial charge in [0.1, 0.15) is 5.75 Å². The van der Waals surface area contributed by atoms with Crippen molar-refractivity contribution in [1.82, 2.24) is 5.32 Å². The van der Waals surface area contributed by atoms with Crippen molar-refractivity contribution in [2.45, 2.75) is 18.9 Å². The van der Waals surface area contributed by atoms with E-state index in [4.69, 9.17) is 4.74 Å². The first-order chi connectivity index (χ1) is 8.22. The van der Waals surface area contributed by atoms with E-state index >= 15 is 0 Å². The molecule has 2 N–H and O–H groups in total. The van der Waals surface area contributed by atoms with Gasteiger partial charge in [-0.15, -0.1) is 0 Å². The summed E-state index contributed by atoms with van der Waals surface area (Å²) in [7, 11) is 1.64. The number of nitrogens with one attached hydrogen (secondary N) is 1. The molecule has 1 fully saturated rings. The van der Waals surface area contributed by atoms with Crippen LogP contribution in [0.1, 0.15) is 24.5 Å². The van der Waals surface area contributed by atoms with Gasteiger partial charge in [-0.25, -0.2) is 0 Å². The Kier molecular flexibility index (Phi) is 4.42. The molecule has 0 bridgehead atoms. The van der Waals surface area contributed by atoms with Gasteiger partial charge in [-0.2, -0.15) is 0 Å². The van der Waals surface area contributed by atoms with Crippen molar-refractivity contribution in [2.75, 3.05) is 20.2 Å². The molecule has 0 aromatic heterocycles. The van der Waals surface area contributed by atoms with Crippen LogP contribution in [0.25, 0.3) is 0 Å². The second-order valence-corrected chi connectivity index (χ2v) is 5.27. The minimum atomic E-state index is -0.391. The first-order valence-electron chi connectivity index (χ1n) is 5.94. The summed E-state index contributed by atoms with van der Waals surface area (Å²) < 4.78 is 6.07. The third-order valence-corrected chi connectivity index (χ3v) is 4.04. The fourth-order valence-electron chi connectivity index (χ4n) is 2.29. The Morgan fingerprint density at radius 2 is 2.12 bits per heavy atom. The smallest absolute Gasteiger partial charge is 0.120 e. The van der Waals surface area contributed by atoms with Crippen LogP contribution in [0, 0.1) is 5.92 Å². The van der Waals surface area contributed by atoms with Crippen LogP contribution in [0.3, 0.4) is 0 Å². The fraction of sp³-hybridized carbons (Fsp3) is 0.538. The number of benzene rings is 1. The third kappa shape index (κ3) is 3.00. The SMILES string of the molecule is COc1ccc(C(O)C2CCNCC2)c(Br)c1. The molecule has 1 atom stereocenters. The van der Waals surface area contributed by atoms with Crippen molar-refractivity contribution in [3.63, 3.8) is 0 Å². The van der Waals surface area contributed by atoms with Crippen LogP contribution in [-0.4, -0.2) is 25.3 Å². The molecule has 1 aliphatic rings. The lowest BCUT2D eigenvalue weighted by Crippen LogP contribution is -2.30. The molecule has 0 radical (unpaired) electrons. The Labute approximate surface area is 110 Å². The van der Waals surface area contributed by atoms with Gasteiger partial charge in [0.2, 0.25) is 0 Å². The summed E-state index contributed by atoms with van der Waals surface area (Å²) in [5.74, 6) is 1.15. The van der Waals surface area contributed by atoms with Crippen LogP contribution < -0.4 is 10.1 Å². The molecule has 3 nitrogen and oxygen atoms in total. The third-order valence-electron chi connectivity index (χ3n) is 3.36. The first kappa shape index (κ1) is 12.9. The van der Waals surface area contributed by atoms with Gasteiger partial charge in [-0.3, -0.25) is 0 Å². The number of ether oxygens (including phenoxy) is 1. The molecule has 1 unspecified atom stereocenters. The lowest BCUT2D eigenvalue weighted by atomic mass is 9.88. The molecule has 4 heteroatoms. The summed E-state index contributed by atoms with van der Waals surface area (Å²) in [6.45, 7) is 1.99. The molecule has 17 heavy (non-hydrogen) atoms. The molecule has 0 aliphatic carbocycles. The molecular weight excluding hydrogens is 282 g/mol. The predicted octanol–water partition coefficient (Wildman–Crippen LogP) is 2.49. The second-order valence-electron chi connectivity index (χ2n) is 4.42. The maximum atomic E-state index is 10.4. The van der Waals surface area contributed by atoms with Gasteiger partial charge in [0.05, 0.1) is 13.2 Å². The van der Waals surface area contributed by atoms with Gasteiger partial charge in [0.15, 0.2) is 0 Å². The summed E-state index contributed by atoms with van der Waals surface area (Å²) in [6.07, 6.45) is 1.66. The van der Waals surface area contributed by atoms with Crippen molar-refractivity contribution >= 4 is 15.9 Å². The lowest BCUT2D eigenvalue weighted by Gasteiger charge is -2.28. The number of aliphatic hydroxyl groups is 1. The molecule has 1 aliphatic heterocycles. The van der Waals surface area contributed by atoms with Crippen LogP contribution >= 0.6 is 15.9 Å². The standard InChI is InChI=1S/C13H18BrNO2/c1-17-10-2-3-11(12(14)8-10)13(16)9-4-6-15-7-5-9/h2-3,8-9,13,15-16H,4-7H2,1H3. The number of hydrogen-bond acceptors (Lipinski definition) is 3. The topological polar surface area (TPSA) is 41.5 Å². The minimum Gasteiger partial charge on any atom is -0.497 e. The van der Waals surface area contributed by atoms with E-state index in [1.807, 2.05) is 18.2 Å². The zero-order chi connectivity index (χ0) is 12.3. The normalized spacial score (nSPS) is 19.0. The van der Waals surface area contributed by atoms with Crippen LogP contribution in [-0.2, 0) is 0 Å². The predicted molar refractivity (Wildman–Crippen MR) is 71.2 cm³/mol. The molecule has 2 rings (SSSR count).